The van der Waals surface area contributed by atoms with E-state index in [0.29, 0.717) is 13.1 Å². The second kappa shape index (κ2) is 14.6. The highest BCUT2D eigenvalue weighted by Gasteiger charge is 2.23. The molecule has 0 spiro atoms. The summed E-state index contributed by atoms with van der Waals surface area (Å²) in [7, 11) is 0. The molecule has 8 heteroatoms. The fraction of sp³-hybridized carbons (Fsp3) is 0.654. The molecule has 0 aliphatic carbocycles. The van der Waals surface area contributed by atoms with Gasteiger partial charge in [0.15, 0.2) is 0 Å². The lowest BCUT2D eigenvalue weighted by Crippen LogP contribution is -2.40. The van der Waals surface area contributed by atoms with Crippen molar-refractivity contribution in [2.24, 2.45) is 0 Å². The molecule has 0 atom stereocenters. The van der Waals surface area contributed by atoms with Crippen molar-refractivity contribution in [2.45, 2.75) is 85.0 Å². The third kappa shape index (κ3) is 16.1. The lowest BCUT2D eigenvalue weighted by molar-refractivity contribution is -0.159. The van der Waals surface area contributed by atoms with Crippen LogP contribution in [0.1, 0.15) is 72.8 Å². The van der Waals surface area contributed by atoms with Gasteiger partial charge in [0, 0.05) is 6.54 Å². The largest absolute Gasteiger partial charge is 0.459 e. The van der Waals surface area contributed by atoms with Gasteiger partial charge in [0.05, 0.1) is 13.1 Å². The first-order chi connectivity index (χ1) is 15.8. The summed E-state index contributed by atoms with van der Waals surface area (Å²) < 4.78 is 16.0. The highest BCUT2D eigenvalue weighted by molar-refractivity contribution is 5.75. The predicted molar refractivity (Wildman–Crippen MR) is 131 cm³/mol. The van der Waals surface area contributed by atoms with Crippen molar-refractivity contribution in [3.05, 3.63) is 35.9 Å². The van der Waals surface area contributed by atoms with Crippen LogP contribution in [-0.2, 0) is 30.4 Å². The van der Waals surface area contributed by atoms with E-state index in [0.717, 1.165) is 31.2 Å². The van der Waals surface area contributed by atoms with Crippen molar-refractivity contribution in [2.75, 3.05) is 26.2 Å². The van der Waals surface area contributed by atoms with Crippen LogP contribution in [0.25, 0.3) is 0 Å². The first-order valence-electron chi connectivity index (χ1n) is 11.9. The molecule has 34 heavy (non-hydrogen) atoms. The molecule has 0 fully saturated rings. The number of esters is 2. The smallest absolute Gasteiger partial charge is 0.407 e. The predicted octanol–water partition coefficient (Wildman–Crippen LogP) is 4.46. The fourth-order valence-corrected chi connectivity index (χ4v) is 3.11. The Morgan fingerprint density at radius 3 is 1.85 bits per heavy atom. The molecule has 0 aromatic heterocycles. The number of unbranched alkanes of at least 4 members (excludes halogenated alkanes) is 3. The molecule has 0 saturated heterocycles. The number of benzene rings is 1. The van der Waals surface area contributed by atoms with Gasteiger partial charge in [-0.15, -0.1) is 0 Å². The molecule has 0 aliphatic rings. The second-order valence-corrected chi connectivity index (χ2v) is 10.3. The minimum absolute atomic E-state index is 0.0331. The van der Waals surface area contributed by atoms with Crippen molar-refractivity contribution >= 4 is 18.0 Å². The molecular formula is C26H42N2O6. The van der Waals surface area contributed by atoms with Gasteiger partial charge in [0.25, 0.3) is 0 Å². The number of ether oxygens (including phenoxy) is 3. The molecule has 0 unspecified atom stereocenters. The van der Waals surface area contributed by atoms with Gasteiger partial charge in [-0.2, -0.15) is 0 Å². The number of rotatable bonds is 13. The summed E-state index contributed by atoms with van der Waals surface area (Å²) in [6.07, 6.45) is 3.01. The zero-order valence-electron chi connectivity index (χ0n) is 21.6. The molecule has 192 valence electrons. The molecule has 0 bridgehead atoms. The molecule has 1 N–H and O–H groups in total. The van der Waals surface area contributed by atoms with Crippen LogP contribution in [-0.4, -0.2) is 60.3 Å². The van der Waals surface area contributed by atoms with Crippen LogP contribution >= 0.6 is 0 Å². The van der Waals surface area contributed by atoms with E-state index in [9.17, 15) is 14.4 Å². The molecule has 1 aromatic carbocycles. The number of alkyl carbamates (subject to hydrolysis) is 1. The molecule has 0 aliphatic heterocycles. The average molecular weight is 479 g/mol. The Bertz CT molecular complexity index is 723. The highest BCUT2D eigenvalue weighted by atomic mass is 16.6. The minimum Gasteiger partial charge on any atom is -0.459 e. The topological polar surface area (TPSA) is 94.2 Å². The zero-order valence-corrected chi connectivity index (χ0v) is 21.6. The molecule has 1 amide bonds. The second-order valence-electron chi connectivity index (χ2n) is 10.3. The number of nitrogens with zero attached hydrogens (tertiary/aromatic N) is 1. The molecule has 8 nitrogen and oxygen atoms in total. The summed E-state index contributed by atoms with van der Waals surface area (Å²) >= 11 is 0. The molecule has 1 aromatic rings. The quantitative estimate of drug-likeness (QED) is 0.254. The monoisotopic (exact) mass is 478 g/mol. The lowest BCUT2D eigenvalue weighted by Gasteiger charge is -2.26. The Hall–Kier alpha value is -2.61. The van der Waals surface area contributed by atoms with Gasteiger partial charge >= 0.3 is 18.0 Å². The summed E-state index contributed by atoms with van der Waals surface area (Å²) in [5, 5.41) is 2.75. The molecular weight excluding hydrogens is 436 g/mol. The van der Waals surface area contributed by atoms with Crippen LogP contribution in [0.2, 0.25) is 0 Å². The van der Waals surface area contributed by atoms with Crippen molar-refractivity contribution in [1.29, 1.82) is 0 Å². The van der Waals surface area contributed by atoms with Crippen LogP contribution in [0.3, 0.4) is 0 Å². The normalized spacial score (nSPS) is 11.7. The zero-order chi connectivity index (χ0) is 25.6. The van der Waals surface area contributed by atoms with Crippen molar-refractivity contribution in [3.8, 4) is 0 Å². The fourth-order valence-electron chi connectivity index (χ4n) is 3.11. The first-order valence-corrected chi connectivity index (χ1v) is 11.9. The van der Waals surface area contributed by atoms with Gasteiger partial charge in [-0.25, -0.2) is 4.79 Å². The van der Waals surface area contributed by atoms with E-state index in [1.54, 1.807) is 4.90 Å². The summed E-state index contributed by atoms with van der Waals surface area (Å²) in [5.41, 5.74) is -0.214. The summed E-state index contributed by atoms with van der Waals surface area (Å²) in [5.74, 6) is -0.733. The Balaban J connectivity index is 2.30. The van der Waals surface area contributed by atoms with Gasteiger partial charge in [-0.3, -0.25) is 14.5 Å². The summed E-state index contributed by atoms with van der Waals surface area (Å²) in [4.78, 5) is 38.0. The van der Waals surface area contributed by atoms with Crippen LogP contribution in [0.4, 0.5) is 4.79 Å². The van der Waals surface area contributed by atoms with E-state index in [1.807, 2.05) is 71.9 Å². The van der Waals surface area contributed by atoms with Crippen molar-refractivity contribution in [3.63, 3.8) is 0 Å². The van der Waals surface area contributed by atoms with Gasteiger partial charge in [0.2, 0.25) is 0 Å². The van der Waals surface area contributed by atoms with E-state index >= 15 is 0 Å². The van der Waals surface area contributed by atoms with E-state index in [-0.39, 0.29) is 31.6 Å². The van der Waals surface area contributed by atoms with Crippen molar-refractivity contribution < 1.29 is 28.6 Å². The number of nitrogens with one attached hydrogen (secondary N) is 1. The van der Waals surface area contributed by atoms with Gasteiger partial charge in [-0.05, 0) is 66.5 Å². The maximum Gasteiger partial charge on any atom is 0.407 e. The Morgan fingerprint density at radius 1 is 0.794 bits per heavy atom. The maximum absolute atomic E-state index is 12.2. The standard InChI is InChI=1S/C26H42N2O6/c1-25(2,3)33-22(29)18-28(19-23(30)34-26(4,5)6)17-13-8-7-12-16-27-24(31)32-20-21-14-10-9-11-15-21/h9-11,14-15H,7-8,12-13,16-20H2,1-6H3,(H,27,31). The summed E-state index contributed by atoms with van der Waals surface area (Å²) in [6, 6.07) is 9.53. The number of hydrogen-bond acceptors (Lipinski definition) is 7. The van der Waals surface area contributed by atoms with Gasteiger partial charge in [0.1, 0.15) is 17.8 Å². The number of hydrogen-bond donors (Lipinski definition) is 1. The molecule has 0 saturated carbocycles. The van der Waals surface area contributed by atoms with Crippen molar-refractivity contribution in [1.82, 2.24) is 10.2 Å². The molecule has 0 radical (unpaired) electrons. The highest BCUT2D eigenvalue weighted by Crippen LogP contribution is 2.11. The third-order valence-corrected chi connectivity index (χ3v) is 4.43. The Kier molecular flexibility index (Phi) is 12.6. The summed E-state index contributed by atoms with van der Waals surface area (Å²) in [6.45, 7) is 12.3. The number of carbonyl (C=O) groups is 3. The minimum atomic E-state index is -0.579. The third-order valence-electron chi connectivity index (χ3n) is 4.43. The van der Waals surface area contributed by atoms with E-state index < -0.39 is 17.3 Å². The molecule has 1 rings (SSSR count). The Labute approximate surface area is 204 Å². The Morgan fingerprint density at radius 2 is 1.32 bits per heavy atom. The van der Waals surface area contributed by atoms with E-state index in [1.165, 1.54) is 0 Å². The first kappa shape index (κ1) is 29.4. The van der Waals surface area contributed by atoms with Crippen LogP contribution in [0.5, 0.6) is 0 Å². The van der Waals surface area contributed by atoms with Crippen LogP contribution in [0, 0.1) is 0 Å². The SMILES string of the molecule is CC(C)(C)OC(=O)CN(CCCCCCNC(=O)OCc1ccccc1)CC(=O)OC(C)(C)C. The number of carbonyl (C=O) groups excluding carboxylic acids is 3. The molecule has 0 heterocycles. The van der Waals surface area contributed by atoms with E-state index in [4.69, 9.17) is 14.2 Å². The maximum atomic E-state index is 12.2. The van der Waals surface area contributed by atoms with Crippen LogP contribution < -0.4 is 5.32 Å². The average Bonchev–Trinajstić information content (AvgIpc) is 2.69. The van der Waals surface area contributed by atoms with E-state index in [2.05, 4.69) is 5.32 Å². The van der Waals surface area contributed by atoms with Crippen LogP contribution in [0.15, 0.2) is 30.3 Å². The number of amides is 1. The van der Waals surface area contributed by atoms with Gasteiger partial charge < -0.3 is 19.5 Å². The van der Waals surface area contributed by atoms with Gasteiger partial charge in [-0.1, -0.05) is 43.2 Å². The lowest BCUT2D eigenvalue weighted by atomic mass is 10.2.